The largest absolute Gasteiger partial charge is 0.497 e. The fraction of sp³-hybridized carbons (Fsp3) is 0.267. The number of ether oxygens (including phenoxy) is 1. The third kappa shape index (κ3) is 4.66. The Hall–Kier alpha value is -4.07. The first-order chi connectivity index (χ1) is 18.2. The second-order valence-electron chi connectivity index (χ2n) is 9.48. The van der Waals surface area contributed by atoms with E-state index in [0.717, 1.165) is 17.7 Å². The summed E-state index contributed by atoms with van der Waals surface area (Å²) in [6.45, 7) is 1.73. The molecule has 2 aliphatic rings. The number of hydrogen-bond acceptors (Lipinski definition) is 4. The van der Waals surface area contributed by atoms with E-state index in [-0.39, 0.29) is 30.4 Å². The van der Waals surface area contributed by atoms with E-state index in [2.05, 4.69) is 5.32 Å². The average molecular weight is 521 g/mol. The van der Waals surface area contributed by atoms with Crippen LogP contribution in [0.15, 0.2) is 84.1 Å². The van der Waals surface area contributed by atoms with Crippen LogP contribution in [0, 0.1) is 0 Å². The van der Waals surface area contributed by atoms with Gasteiger partial charge in [0.25, 0.3) is 0 Å². The monoisotopic (exact) mass is 520 g/mol. The van der Waals surface area contributed by atoms with Crippen LogP contribution in [0.4, 0.5) is 24.5 Å². The topological polar surface area (TPSA) is 58.6 Å². The lowest BCUT2D eigenvalue weighted by atomic mass is 9.78. The number of amides is 1. The molecule has 2 atom stereocenters. The maximum atomic E-state index is 13.9. The van der Waals surface area contributed by atoms with Crippen molar-refractivity contribution in [2.75, 3.05) is 17.3 Å². The average Bonchev–Trinajstić information content (AvgIpc) is 3.07. The van der Waals surface area contributed by atoms with Crippen LogP contribution in [0.5, 0.6) is 5.75 Å². The molecule has 3 aromatic rings. The van der Waals surface area contributed by atoms with Crippen molar-refractivity contribution in [2.24, 2.45) is 0 Å². The van der Waals surface area contributed by atoms with Crippen molar-refractivity contribution >= 4 is 23.1 Å². The first-order valence-corrected chi connectivity index (χ1v) is 12.5. The summed E-state index contributed by atoms with van der Waals surface area (Å²) in [5.74, 6) is 0.232. The van der Waals surface area contributed by atoms with Gasteiger partial charge in [0.15, 0.2) is 5.78 Å². The number of carbonyl (C=O) groups is 2. The number of nitrogens with zero attached hydrogens (tertiary/aromatic N) is 1. The molecule has 0 bridgehead atoms. The summed E-state index contributed by atoms with van der Waals surface area (Å²) in [4.78, 5) is 28.8. The molecular formula is C30H27F3N2O3. The van der Waals surface area contributed by atoms with Crippen LogP contribution in [0.1, 0.15) is 54.8 Å². The summed E-state index contributed by atoms with van der Waals surface area (Å²) in [6, 6.07) is 18.7. The molecule has 0 saturated heterocycles. The number of ketones is 1. The Morgan fingerprint density at radius 2 is 1.63 bits per heavy atom. The molecule has 1 aliphatic heterocycles. The second-order valence-corrected chi connectivity index (χ2v) is 9.48. The highest BCUT2D eigenvalue weighted by Gasteiger charge is 2.41. The van der Waals surface area contributed by atoms with E-state index in [9.17, 15) is 22.8 Å². The first kappa shape index (κ1) is 25.6. The summed E-state index contributed by atoms with van der Waals surface area (Å²) >= 11 is 0. The van der Waals surface area contributed by atoms with Crippen molar-refractivity contribution in [3.63, 3.8) is 0 Å². The van der Waals surface area contributed by atoms with E-state index in [0.29, 0.717) is 40.4 Å². The summed E-state index contributed by atoms with van der Waals surface area (Å²) < 4.78 is 45.2. The summed E-state index contributed by atoms with van der Waals surface area (Å²) in [6.07, 6.45) is -3.61. The Bertz CT molecular complexity index is 1400. The molecule has 196 valence electrons. The highest BCUT2D eigenvalue weighted by molar-refractivity contribution is 6.06. The molecule has 0 unspecified atom stereocenters. The predicted octanol–water partition coefficient (Wildman–Crippen LogP) is 7.02. The lowest BCUT2D eigenvalue weighted by molar-refractivity contribution is -0.137. The maximum absolute atomic E-state index is 13.9. The molecule has 5 nitrogen and oxygen atoms in total. The van der Waals surface area contributed by atoms with Gasteiger partial charge in [-0.1, -0.05) is 43.3 Å². The summed E-state index contributed by atoms with van der Waals surface area (Å²) in [7, 11) is 1.59. The SMILES string of the molecule is CCC(=O)N1c2ccccc2NC2=C(C(=O)C[C@@H](c3ccc(OC)cc3)C2)[C@@H]1c1ccc(C(F)(F)F)cc1. The van der Waals surface area contributed by atoms with Crippen molar-refractivity contribution in [3.8, 4) is 5.75 Å². The van der Waals surface area contributed by atoms with Crippen molar-refractivity contribution in [2.45, 2.75) is 44.3 Å². The predicted molar refractivity (Wildman–Crippen MR) is 139 cm³/mol. The third-order valence-corrected chi connectivity index (χ3v) is 7.20. The number of para-hydroxylation sites is 2. The fourth-order valence-corrected chi connectivity index (χ4v) is 5.32. The summed E-state index contributed by atoms with van der Waals surface area (Å²) in [5, 5.41) is 3.42. The van der Waals surface area contributed by atoms with E-state index < -0.39 is 17.8 Å². The molecule has 1 amide bonds. The minimum absolute atomic E-state index is 0.103. The Kier molecular flexibility index (Phi) is 6.73. The number of allylic oxidation sites excluding steroid dienone is 1. The smallest absolute Gasteiger partial charge is 0.416 e. The number of Topliss-reactive ketones (excluding diaryl/α,β-unsaturated/α-hetero) is 1. The van der Waals surface area contributed by atoms with Crippen LogP contribution in [0.2, 0.25) is 0 Å². The number of nitrogens with one attached hydrogen (secondary N) is 1. The molecule has 1 aliphatic carbocycles. The van der Waals surface area contributed by atoms with Crippen LogP contribution in [-0.4, -0.2) is 18.8 Å². The van der Waals surface area contributed by atoms with Crippen molar-refractivity contribution in [3.05, 3.63) is 101 Å². The van der Waals surface area contributed by atoms with Crippen molar-refractivity contribution < 1.29 is 27.5 Å². The van der Waals surface area contributed by atoms with Gasteiger partial charge >= 0.3 is 6.18 Å². The van der Waals surface area contributed by atoms with E-state index in [1.807, 2.05) is 36.4 Å². The molecule has 5 rings (SSSR count). The number of fused-ring (bicyclic) bond motifs is 1. The maximum Gasteiger partial charge on any atom is 0.416 e. The van der Waals surface area contributed by atoms with Crippen LogP contribution in [0.3, 0.4) is 0 Å². The van der Waals surface area contributed by atoms with Gasteiger partial charge in [0, 0.05) is 24.1 Å². The number of halogens is 3. The van der Waals surface area contributed by atoms with E-state index in [1.165, 1.54) is 12.1 Å². The molecule has 1 heterocycles. The molecule has 1 N–H and O–H groups in total. The van der Waals surface area contributed by atoms with Gasteiger partial charge in [-0.3, -0.25) is 14.5 Å². The van der Waals surface area contributed by atoms with E-state index in [1.54, 1.807) is 31.1 Å². The highest BCUT2D eigenvalue weighted by Crippen LogP contribution is 2.48. The van der Waals surface area contributed by atoms with Crippen LogP contribution >= 0.6 is 0 Å². The number of anilines is 2. The van der Waals surface area contributed by atoms with Gasteiger partial charge < -0.3 is 10.1 Å². The lowest BCUT2D eigenvalue weighted by Crippen LogP contribution is -2.38. The normalized spacial score (nSPS) is 19.3. The zero-order valence-corrected chi connectivity index (χ0v) is 21.0. The van der Waals surface area contributed by atoms with Gasteiger partial charge in [-0.15, -0.1) is 0 Å². The number of methoxy groups -OCH3 is 1. The molecule has 8 heteroatoms. The Morgan fingerprint density at radius 1 is 0.974 bits per heavy atom. The molecular weight excluding hydrogens is 493 g/mol. The zero-order valence-electron chi connectivity index (χ0n) is 21.0. The number of carbonyl (C=O) groups excluding carboxylic acids is 2. The van der Waals surface area contributed by atoms with Gasteiger partial charge in [0.2, 0.25) is 5.91 Å². The Labute approximate surface area is 218 Å². The third-order valence-electron chi connectivity index (χ3n) is 7.20. The minimum Gasteiger partial charge on any atom is -0.497 e. The molecule has 3 aromatic carbocycles. The number of benzene rings is 3. The first-order valence-electron chi connectivity index (χ1n) is 12.5. The second kappa shape index (κ2) is 10.0. The standard InChI is InChI=1S/C30H27F3N2O3/c1-3-27(37)35-25-7-5-4-6-23(25)34-24-16-20(18-10-14-22(38-2)15-11-18)17-26(36)28(24)29(35)19-8-12-21(13-9-19)30(31,32)33/h4-15,20,29,34H,3,16-17H2,1-2H3/t20-,29-/m0/s1. The van der Waals surface area contributed by atoms with Crippen LogP contribution in [0.25, 0.3) is 0 Å². The molecule has 0 radical (unpaired) electrons. The van der Waals surface area contributed by atoms with Gasteiger partial charge in [0.1, 0.15) is 5.75 Å². The lowest BCUT2D eigenvalue weighted by Gasteiger charge is -2.35. The molecule has 0 spiro atoms. The van der Waals surface area contributed by atoms with E-state index in [4.69, 9.17) is 4.74 Å². The van der Waals surface area contributed by atoms with Gasteiger partial charge in [-0.2, -0.15) is 13.2 Å². The number of alkyl halides is 3. The molecule has 38 heavy (non-hydrogen) atoms. The van der Waals surface area contributed by atoms with Crippen LogP contribution in [-0.2, 0) is 15.8 Å². The molecule has 0 aromatic heterocycles. The summed E-state index contributed by atoms with van der Waals surface area (Å²) in [5.41, 5.74) is 2.97. The minimum atomic E-state index is -4.49. The quantitative estimate of drug-likeness (QED) is 0.402. The van der Waals surface area contributed by atoms with Gasteiger partial charge in [-0.25, -0.2) is 0 Å². The number of rotatable bonds is 4. The Balaban J connectivity index is 1.66. The molecule has 0 fully saturated rings. The van der Waals surface area contributed by atoms with Gasteiger partial charge in [0.05, 0.1) is 30.1 Å². The highest BCUT2D eigenvalue weighted by atomic mass is 19.4. The van der Waals surface area contributed by atoms with Crippen molar-refractivity contribution in [1.82, 2.24) is 0 Å². The Morgan fingerprint density at radius 3 is 2.26 bits per heavy atom. The zero-order chi connectivity index (χ0) is 27.0. The molecule has 0 saturated carbocycles. The van der Waals surface area contributed by atoms with Gasteiger partial charge in [-0.05, 0) is 59.9 Å². The number of hydrogen-bond donors (Lipinski definition) is 1. The van der Waals surface area contributed by atoms with E-state index >= 15 is 0 Å². The van der Waals surface area contributed by atoms with Crippen molar-refractivity contribution in [1.29, 1.82) is 0 Å². The fourth-order valence-electron chi connectivity index (χ4n) is 5.32. The van der Waals surface area contributed by atoms with Crippen LogP contribution < -0.4 is 15.0 Å².